The summed E-state index contributed by atoms with van der Waals surface area (Å²) in [6.45, 7) is 6.45. The second-order valence-electron chi connectivity index (χ2n) is 5.20. The first-order valence-electron chi connectivity index (χ1n) is 7.00. The number of methoxy groups -OCH3 is 1. The SMILES string of the molecule is COCC[C@@H]1CN(C(=O)Cc2c(C)n[nH]c2C)CCO1. The Hall–Kier alpha value is -1.40. The van der Waals surface area contributed by atoms with E-state index in [1.54, 1.807) is 7.11 Å². The van der Waals surface area contributed by atoms with E-state index < -0.39 is 0 Å². The molecule has 1 aliphatic rings. The lowest BCUT2D eigenvalue weighted by molar-refractivity contribution is -0.138. The zero-order valence-electron chi connectivity index (χ0n) is 12.4. The Balaban J connectivity index is 1.92. The Kier molecular flexibility index (Phi) is 5.14. The van der Waals surface area contributed by atoms with E-state index in [2.05, 4.69) is 10.2 Å². The molecule has 0 aliphatic carbocycles. The van der Waals surface area contributed by atoms with E-state index in [1.165, 1.54) is 0 Å². The van der Waals surface area contributed by atoms with Crippen molar-refractivity contribution in [3.05, 3.63) is 17.0 Å². The molecule has 1 N–H and O–H groups in total. The van der Waals surface area contributed by atoms with Crippen LogP contribution >= 0.6 is 0 Å². The largest absolute Gasteiger partial charge is 0.385 e. The Morgan fingerprint density at radius 2 is 2.35 bits per heavy atom. The minimum absolute atomic E-state index is 0.0826. The van der Waals surface area contributed by atoms with Gasteiger partial charge in [0.05, 0.1) is 24.8 Å². The number of hydrogen-bond acceptors (Lipinski definition) is 4. The van der Waals surface area contributed by atoms with Crippen LogP contribution in [0, 0.1) is 13.8 Å². The summed E-state index contributed by atoms with van der Waals surface area (Å²) in [5.41, 5.74) is 2.88. The van der Waals surface area contributed by atoms with Gasteiger partial charge in [0.15, 0.2) is 0 Å². The highest BCUT2D eigenvalue weighted by Gasteiger charge is 2.25. The molecule has 1 atom stereocenters. The van der Waals surface area contributed by atoms with E-state index in [0.29, 0.717) is 32.7 Å². The van der Waals surface area contributed by atoms with Gasteiger partial charge in [0.2, 0.25) is 5.91 Å². The second kappa shape index (κ2) is 6.85. The lowest BCUT2D eigenvalue weighted by Crippen LogP contribution is -2.46. The van der Waals surface area contributed by atoms with Crippen LogP contribution < -0.4 is 0 Å². The van der Waals surface area contributed by atoms with Gasteiger partial charge in [-0.1, -0.05) is 0 Å². The van der Waals surface area contributed by atoms with E-state index in [4.69, 9.17) is 9.47 Å². The van der Waals surface area contributed by atoms with Gasteiger partial charge in [0.1, 0.15) is 0 Å². The molecule has 2 rings (SSSR count). The second-order valence-corrected chi connectivity index (χ2v) is 5.20. The number of aromatic nitrogens is 2. The maximum absolute atomic E-state index is 12.4. The van der Waals surface area contributed by atoms with Gasteiger partial charge >= 0.3 is 0 Å². The number of ether oxygens (including phenoxy) is 2. The molecule has 6 nitrogen and oxygen atoms in total. The molecular weight excluding hydrogens is 258 g/mol. The molecule has 1 aliphatic heterocycles. The first-order valence-corrected chi connectivity index (χ1v) is 7.00. The monoisotopic (exact) mass is 281 g/mol. The van der Waals surface area contributed by atoms with E-state index >= 15 is 0 Å². The van der Waals surface area contributed by atoms with Crippen LogP contribution in [0.4, 0.5) is 0 Å². The van der Waals surface area contributed by atoms with Crippen molar-refractivity contribution in [2.45, 2.75) is 32.8 Å². The van der Waals surface area contributed by atoms with Crippen molar-refractivity contribution >= 4 is 5.91 Å². The van der Waals surface area contributed by atoms with Gasteiger partial charge < -0.3 is 14.4 Å². The maximum Gasteiger partial charge on any atom is 0.227 e. The number of amides is 1. The lowest BCUT2D eigenvalue weighted by atomic mass is 10.1. The zero-order valence-corrected chi connectivity index (χ0v) is 12.4. The third-order valence-electron chi connectivity index (χ3n) is 3.74. The van der Waals surface area contributed by atoms with Gasteiger partial charge in [0, 0.05) is 38.1 Å². The number of H-pyrrole nitrogens is 1. The maximum atomic E-state index is 12.4. The first-order chi connectivity index (χ1) is 9.61. The first kappa shape index (κ1) is 15.0. The molecular formula is C14H23N3O3. The summed E-state index contributed by atoms with van der Waals surface area (Å²) in [5, 5.41) is 7.05. The van der Waals surface area contributed by atoms with Gasteiger partial charge in [-0.15, -0.1) is 0 Å². The number of aryl methyl sites for hydroxylation is 2. The zero-order chi connectivity index (χ0) is 14.5. The van der Waals surface area contributed by atoms with E-state index in [9.17, 15) is 4.79 Å². The molecule has 20 heavy (non-hydrogen) atoms. The molecule has 0 spiro atoms. The highest BCUT2D eigenvalue weighted by atomic mass is 16.5. The van der Waals surface area contributed by atoms with Crippen LogP contribution in [0.15, 0.2) is 0 Å². The van der Waals surface area contributed by atoms with E-state index in [1.807, 2.05) is 18.7 Å². The molecule has 0 radical (unpaired) electrons. The minimum atomic E-state index is 0.0826. The van der Waals surface area contributed by atoms with Crippen molar-refractivity contribution in [1.29, 1.82) is 0 Å². The highest BCUT2D eigenvalue weighted by Crippen LogP contribution is 2.14. The van der Waals surface area contributed by atoms with Crippen LogP contribution in [0.1, 0.15) is 23.4 Å². The van der Waals surface area contributed by atoms with Crippen molar-refractivity contribution in [3.63, 3.8) is 0 Å². The standard InChI is InChI=1S/C14H23N3O3/c1-10-13(11(2)16-15-10)8-14(18)17-5-7-20-12(9-17)4-6-19-3/h12H,4-9H2,1-3H3,(H,15,16)/t12-/m1/s1. The van der Waals surface area contributed by atoms with Gasteiger partial charge in [-0.3, -0.25) is 9.89 Å². The molecule has 1 fully saturated rings. The molecule has 6 heteroatoms. The highest BCUT2D eigenvalue weighted by molar-refractivity contribution is 5.79. The van der Waals surface area contributed by atoms with Crippen molar-refractivity contribution in [3.8, 4) is 0 Å². The average Bonchev–Trinajstić information content (AvgIpc) is 2.77. The predicted octanol–water partition coefficient (Wildman–Crippen LogP) is 0.833. The molecule has 0 saturated carbocycles. The number of hydrogen-bond donors (Lipinski definition) is 1. The minimum Gasteiger partial charge on any atom is -0.385 e. The molecule has 1 amide bonds. The normalized spacial score (nSPS) is 19.4. The number of morpholine rings is 1. The number of rotatable bonds is 5. The Bertz CT molecular complexity index is 439. The fraction of sp³-hybridized carbons (Fsp3) is 0.714. The Morgan fingerprint density at radius 3 is 3.00 bits per heavy atom. The molecule has 1 saturated heterocycles. The van der Waals surface area contributed by atoms with Crippen LogP contribution in [0.2, 0.25) is 0 Å². The fourth-order valence-corrected chi connectivity index (χ4v) is 2.47. The summed E-state index contributed by atoms with van der Waals surface area (Å²) in [5.74, 6) is 0.142. The van der Waals surface area contributed by atoms with Crippen molar-refractivity contribution in [1.82, 2.24) is 15.1 Å². The topological polar surface area (TPSA) is 67.5 Å². The number of aromatic amines is 1. The third kappa shape index (κ3) is 3.58. The van der Waals surface area contributed by atoms with Gasteiger partial charge in [-0.25, -0.2) is 0 Å². The smallest absolute Gasteiger partial charge is 0.227 e. The summed E-state index contributed by atoms with van der Waals surface area (Å²) in [7, 11) is 1.68. The lowest BCUT2D eigenvalue weighted by Gasteiger charge is -2.33. The molecule has 112 valence electrons. The van der Waals surface area contributed by atoms with Gasteiger partial charge in [-0.05, 0) is 20.3 Å². The van der Waals surface area contributed by atoms with Crippen molar-refractivity contribution in [2.24, 2.45) is 0 Å². The Morgan fingerprint density at radius 1 is 1.55 bits per heavy atom. The van der Waals surface area contributed by atoms with Crippen LogP contribution in [0.25, 0.3) is 0 Å². The molecule has 0 bridgehead atoms. The van der Waals surface area contributed by atoms with Gasteiger partial charge in [-0.2, -0.15) is 5.10 Å². The Labute approximate surface area is 119 Å². The fourth-order valence-electron chi connectivity index (χ4n) is 2.47. The quantitative estimate of drug-likeness (QED) is 0.868. The van der Waals surface area contributed by atoms with Crippen molar-refractivity contribution < 1.29 is 14.3 Å². The number of nitrogens with one attached hydrogen (secondary N) is 1. The molecule has 1 aromatic rings. The number of carbonyl (C=O) groups is 1. The number of carbonyl (C=O) groups excluding carboxylic acids is 1. The van der Waals surface area contributed by atoms with Crippen LogP contribution in [-0.2, 0) is 20.7 Å². The predicted molar refractivity (Wildman–Crippen MR) is 74.6 cm³/mol. The summed E-state index contributed by atoms with van der Waals surface area (Å²) in [6.07, 6.45) is 1.31. The van der Waals surface area contributed by atoms with Crippen molar-refractivity contribution in [2.75, 3.05) is 33.4 Å². The molecule has 2 heterocycles. The molecule has 1 aromatic heterocycles. The van der Waals surface area contributed by atoms with E-state index in [-0.39, 0.29) is 12.0 Å². The third-order valence-corrected chi connectivity index (χ3v) is 3.74. The summed E-state index contributed by atoms with van der Waals surface area (Å²) in [6, 6.07) is 0. The van der Waals surface area contributed by atoms with Crippen LogP contribution in [-0.4, -0.2) is 60.5 Å². The van der Waals surface area contributed by atoms with Crippen LogP contribution in [0.5, 0.6) is 0 Å². The average molecular weight is 281 g/mol. The molecule has 0 unspecified atom stereocenters. The molecule has 0 aromatic carbocycles. The summed E-state index contributed by atoms with van der Waals surface area (Å²) >= 11 is 0. The number of nitrogens with zero attached hydrogens (tertiary/aromatic N) is 2. The summed E-state index contributed by atoms with van der Waals surface area (Å²) in [4.78, 5) is 14.3. The van der Waals surface area contributed by atoms with E-state index in [0.717, 1.165) is 23.4 Å². The summed E-state index contributed by atoms with van der Waals surface area (Å²) < 4.78 is 10.7. The van der Waals surface area contributed by atoms with Gasteiger partial charge in [0.25, 0.3) is 0 Å². The van der Waals surface area contributed by atoms with Crippen LogP contribution in [0.3, 0.4) is 0 Å².